The maximum Gasteiger partial charge on any atom is 0.0425 e. The third kappa shape index (κ3) is 2.33. The van der Waals surface area contributed by atoms with Crippen molar-refractivity contribution in [3.63, 3.8) is 0 Å². The van der Waals surface area contributed by atoms with Crippen molar-refractivity contribution in [2.45, 2.75) is 27.7 Å². The molecule has 1 heteroatoms. The Morgan fingerprint density at radius 2 is 2.00 bits per heavy atom. The van der Waals surface area contributed by atoms with E-state index in [0.717, 1.165) is 5.70 Å². The number of hydrogen-bond acceptors (Lipinski definition) is 1. The van der Waals surface area contributed by atoms with Gasteiger partial charge in [-0.15, -0.1) is 0 Å². The molecule has 0 unspecified atom stereocenters. The Hall–Kier alpha value is -0.850. The molecule has 1 nitrogen and oxygen atoms in total. The predicted octanol–water partition coefficient (Wildman–Crippen LogP) is 3.19. The van der Waals surface area contributed by atoms with Gasteiger partial charge >= 0.3 is 0 Å². The molecule has 0 radical (unpaired) electrons. The number of aliphatic imine (C=N–C) groups is 1. The van der Waals surface area contributed by atoms with Crippen molar-refractivity contribution in [1.29, 1.82) is 0 Å². The average Bonchev–Trinajstić information content (AvgIpc) is 2.10. The van der Waals surface area contributed by atoms with Crippen LogP contribution in [0.15, 0.2) is 28.9 Å². The van der Waals surface area contributed by atoms with Crippen molar-refractivity contribution >= 4 is 6.21 Å². The van der Waals surface area contributed by atoms with E-state index in [1.165, 1.54) is 0 Å². The van der Waals surface area contributed by atoms with Crippen LogP contribution in [0.1, 0.15) is 27.7 Å². The van der Waals surface area contributed by atoms with Gasteiger partial charge in [0.2, 0.25) is 0 Å². The summed E-state index contributed by atoms with van der Waals surface area (Å²) in [5.41, 5.74) is 1.27. The van der Waals surface area contributed by atoms with E-state index in [2.05, 4.69) is 50.9 Å². The standard InChI is InChI=1S/C11H17N/c1-9(2)10-6-5-7-11(3,4)8-12-10/h5-9H,1-4H3. The van der Waals surface area contributed by atoms with Gasteiger partial charge in [-0.05, 0) is 12.0 Å². The van der Waals surface area contributed by atoms with E-state index in [0.29, 0.717) is 5.92 Å². The largest absolute Gasteiger partial charge is 0.265 e. The van der Waals surface area contributed by atoms with Gasteiger partial charge in [0.05, 0.1) is 0 Å². The fourth-order valence-corrected chi connectivity index (χ4v) is 1.06. The topological polar surface area (TPSA) is 12.4 Å². The van der Waals surface area contributed by atoms with Crippen LogP contribution in [-0.2, 0) is 0 Å². The Morgan fingerprint density at radius 1 is 1.33 bits per heavy atom. The summed E-state index contributed by atoms with van der Waals surface area (Å²) in [6.07, 6.45) is 8.38. The average molecular weight is 163 g/mol. The van der Waals surface area contributed by atoms with Crippen molar-refractivity contribution in [2.75, 3.05) is 0 Å². The molecule has 1 aliphatic heterocycles. The molecule has 0 aromatic carbocycles. The van der Waals surface area contributed by atoms with Crippen LogP contribution in [-0.4, -0.2) is 6.21 Å². The van der Waals surface area contributed by atoms with E-state index < -0.39 is 0 Å². The zero-order valence-corrected chi connectivity index (χ0v) is 8.33. The van der Waals surface area contributed by atoms with Crippen LogP contribution in [0.2, 0.25) is 0 Å². The summed E-state index contributed by atoms with van der Waals surface area (Å²) < 4.78 is 0. The summed E-state index contributed by atoms with van der Waals surface area (Å²) in [6, 6.07) is 0. The van der Waals surface area contributed by atoms with Gasteiger partial charge < -0.3 is 0 Å². The Labute approximate surface area is 74.9 Å². The first-order valence-electron chi connectivity index (χ1n) is 4.46. The van der Waals surface area contributed by atoms with Gasteiger partial charge in [0.15, 0.2) is 0 Å². The number of hydrogen-bond donors (Lipinski definition) is 0. The SMILES string of the molecule is CC(C)C1=CC=CC(C)(C)C=N1. The first-order valence-corrected chi connectivity index (χ1v) is 4.46. The molecule has 12 heavy (non-hydrogen) atoms. The fraction of sp³-hybridized carbons (Fsp3) is 0.545. The molecular formula is C11H17N. The van der Waals surface area contributed by atoms with Gasteiger partial charge in [-0.3, -0.25) is 4.99 Å². The van der Waals surface area contributed by atoms with Crippen molar-refractivity contribution in [1.82, 2.24) is 0 Å². The van der Waals surface area contributed by atoms with Crippen LogP contribution in [0.3, 0.4) is 0 Å². The summed E-state index contributed by atoms with van der Waals surface area (Å²) in [7, 11) is 0. The maximum absolute atomic E-state index is 4.45. The highest BCUT2D eigenvalue weighted by atomic mass is 14.7. The minimum atomic E-state index is 0.104. The van der Waals surface area contributed by atoms with E-state index in [1.54, 1.807) is 0 Å². The van der Waals surface area contributed by atoms with Crippen molar-refractivity contribution < 1.29 is 0 Å². The minimum Gasteiger partial charge on any atom is -0.265 e. The zero-order chi connectivity index (χ0) is 9.19. The van der Waals surface area contributed by atoms with Crippen LogP contribution in [0.25, 0.3) is 0 Å². The molecule has 0 bridgehead atoms. The molecular weight excluding hydrogens is 146 g/mol. The molecule has 1 heterocycles. The summed E-state index contributed by atoms with van der Waals surface area (Å²) >= 11 is 0. The molecule has 0 aromatic rings. The Kier molecular flexibility index (Phi) is 2.51. The van der Waals surface area contributed by atoms with E-state index in [1.807, 2.05) is 6.21 Å². The highest BCUT2D eigenvalue weighted by molar-refractivity contribution is 5.69. The summed E-state index contributed by atoms with van der Waals surface area (Å²) in [5.74, 6) is 0.514. The molecule has 0 atom stereocenters. The van der Waals surface area contributed by atoms with Gasteiger partial charge in [-0.2, -0.15) is 0 Å². The van der Waals surface area contributed by atoms with Crippen molar-refractivity contribution in [2.24, 2.45) is 16.3 Å². The second-order valence-corrected chi connectivity index (χ2v) is 4.18. The molecule has 0 amide bonds. The molecule has 0 saturated heterocycles. The third-order valence-corrected chi connectivity index (χ3v) is 1.93. The number of nitrogens with zero attached hydrogens (tertiary/aromatic N) is 1. The lowest BCUT2D eigenvalue weighted by molar-refractivity contribution is 0.690. The van der Waals surface area contributed by atoms with Crippen LogP contribution >= 0.6 is 0 Å². The summed E-state index contributed by atoms with van der Waals surface area (Å²) in [5, 5.41) is 0. The third-order valence-electron chi connectivity index (χ3n) is 1.93. The maximum atomic E-state index is 4.45. The lowest BCUT2D eigenvalue weighted by Gasteiger charge is -2.11. The fourth-order valence-electron chi connectivity index (χ4n) is 1.06. The minimum absolute atomic E-state index is 0.104. The van der Waals surface area contributed by atoms with Gasteiger partial charge in [0.25, 0.3) is 0 Å². The van der Waals surface area contributed by atoms with E-state index in [-0.39, 0.29) is 5.41 Å². The lowest BCUT2D eigenvalue weighted by Crippen LogP contribution is -2.08. The smallest absolute Gasteiger partial charge is 0.0425 e. The normalized spacial score (nSPS) is 20.9. The highest BCUT2D eigenvalue weighted by Gasteiger charge is 2.12. The van der Waals surface area contributed by atoms with Crippen LogP contribution in [0, 0.1) is 11.3 Å². The molecule has 66 valence electrons. The lowest BCUT2D eigenvalue weighted by atomic mass is 9.95. The van der Waals surface area contributed by atoms with Crippen LogP contribution in [0.5, 0.6) is 0 Å². The van der Waals surface area contributed by atoms with Gasteiger partial charge in [-0.25, -0.2) is 0 Å². The first kappa shape index (κ1) is 9.24. The monoisotopic (exact) mass is 163 g/mol. The Bertz CT molecular complexity index is 242. The highest BCUT2D eigenvalue weighted by Crippen LogP contribution is 2.20. The number of rotatable bonds is 1. The molecule has 0 N–H and O–H groups in total. The second-order valence-electron chi connectivity index (χ2n) is 4.18. The van der Waals surface area contributed by atoms with E-state index >= 15 is 0 Å². The van der Waals surface area contributed by atoms with Crippen LogP contribution in [0.4, 0.5) is 0 Å². The van der Waals surface area contributed by atoms with Gasteiger partial charge in [0.1, 0.15) is 0 Å². The van der Waals surface area contributed by atoms with Gasteiger partial charge in [-0.1, -0.05) is 39.8 Å². The molecule has 1 aliphatic rings. The van der Waals surface area contributed by atoms with Crippen molar-refractivity contribution in [3.05, 3.63) is 23.9 Å². The first-order chi connectivity index (χ1) is 5.51. The Balaban J connectivity index is 2.86. The zero-order valence-electron chi connectivity index (χ0n) is 8.33. The molecule has 0 spiro atoms. The predicted molar refractivity (Wildman–Crippen MR) is 54.3 cm³/mol. The van der Waals surface area contributed by atoms with Crippen molar-refractivity contribution in [3.8, 4) is 0 Å². The number of allylic oxidation sites excluding steroid dienone is 4. The quantitative estimate of drug-likeness (QED) is 0.563. The second kappa shape index (κ2) is 3.26. The Morgan fingerprint density at radius 3 is 2.58 bits per heavy atom. The van der Waals surface area contributed by atoms with Gasteiger partial charge in [0, 0.05) is 17.3 Å². The molecule has 0 saturated carbocycles. The summed E-state index contributed by atoms with van der Waals surface area (Å²) in [6.45, 7) is 8.64. The molecule has 0 fully saturated rings. The van der Waals surface area contributed by atoms with Crippen LogP contribution < -0.4 is 0 Å². The molecule has 1 rings (SSSR count). The van der Waals surface area contributed by atoms with E-state index in [4.69, 9.17) is 0 Å². The molecule has 0 aliphatic carbocycles. The summed E-state index contributed by atoms with van der Waals surface area (Å²) in [4.78, 5) is 4.45. The van der Waals surface area contributed by atoms with E-state index in [9.17, 15) is 0 Å². The molecule has 0 aromatic heterocycles.